The van der Waals surface area contributed by atoms with Crippen LogP contribution in [0.15, 0.2) is 39.5 Å². The highest BCUT2D eigenvalue weighted by Crippen LogP contribution is 2.30. The molecule has 0 aliphatic heterocycles. The van der Waals surface area contributed by atoms with Crippen molar-refractivity contribution in [3.8, 4) is 0 Å². The first kappa shape index (κ1) is 21.9. The van der Waals surface area contributed by atoms with E-state index in [1.165, 1.54) is 20.9 Å². The Kier molecular flexibility index (Phi) is 7.58. The summed E-state index contributed by atoms with van der Waals surface area (Å²) < 4.78 is 0. The average Bonchev–Trinajstić information content (AvgIpc) is 2.89. The monoisotopic (exact) mass is 395 g/mol. The molecule has 5 heteroatoms. The minimum absolute atomic E-state index is 0.282. The first-order valence-corrected chi connectivity index (χ1v) is 10.3. The second kappa shape index (κ2) is 9.69. The molecule has 0 aliphatic rings. The van der Waals surface area contributed by atoms with Crippen molar-refractivity contribution >= 4 is 34.8 Å². The van der Waals surface area contributed by atoms with Crippen LogP contribution in [0.2, 0.25) is 0 Å². The van der Waals surface area contributed by atoms with Crippen molar-refractivity contribution in [3.63, 3.8) is 0 Å². The Bertz CT molecular complexity index is 930. The van der Waals surface area contributed by atoms with E-state index in [4.69, 9.17) is 4.99 Å². The molecular formula is C23H29N3OS. The van der Waals surface area contributed by atoms with Gasteiger partial charge in [-0.15, -0.1) is 11.3 Å². The Labute approximate surface area is 172 Å². The summed E-state index contributed by atoms with van der Waals surface area (Å²) in [7, 11) is 0. The topological polar surface area (TPSA) is 54.1 Å². The highest BCUT2D eigenvalue weighted by atomic mass is 32.1. The molecule has 1 aromatic heterocycles. The maximum atomic E-state index is 11.3. The van der Waals surface area contributed by atoms with Crippen molar-refractivity contribution in [3.05, 3.63) is 56.3 Å². The third-order valence-corrected chi connectivity index (χ3v) is 5.74. The second-order valence-electron chi connectivity index (χ2n) is 7.26. The van der Waals surface area contributed by atoms with Crippen molar-refractivity contribution in [2.75, 3.05) is 0 Å². The normalized spacial score (nSPS) is 13.4. The van der Waals surface area contributed by atoms with E-state index in [2.05, 4.69) is 62.2 Å². The summed E-state index contributed by atoms with van der Waals surface area (Å²) in [5, 5.41) is 8.44. The summed E-state index contributed by atoms with van der Waals surface area (Å²) in [5.74, 6) is 0. The first-order valence-electron chi connectivity index (χ1n) is 9.45. The predicted octanol–water partition coefficient (Wildman–Crippen LogP) is 5.63. The summed E-state index contributed by atoms with van der Waals surface area (Å²) in [6, 6.07) is 8.04. The quantitative estimate of drug-likeness (QED) is 0.340. The Morgan fingerprint density at radius 3 is 2.14 bits per heavy atom. The Hall–Kier alpha value is -2.40. The summed E-state index contributed by atoms with van der Waals surface area (Å²) in [6.07, 6.45) is 1.19. The van der Waals surface area contributed by atoms with Crippen LogP contribution in [0, 0.1) is 27.7 Å². The van der Waals surface area contributed by atoms with E-state index < -0.39 is 0 Å². The number of carbonyl (C=O) groups is 1. The van der Waals surface area contributed by atoms with Crippen LogP contribution in [-0.4, -0.2) is 29.5 Å². The minimum Gasteiger partial charge on any atom is -0.303 e. The molecule has 0 saturated heterocycles. The molecule has 0 amide bonds. The zero-order valence-electron chi connectivity index (χ0n) is 17.8. The minimum atomic E-state index is -0.337. The molecule has 2 rings (SSSR count). The van der Waals surface area contributed by atoms with Crippen LogP contribution in [-0.2, 0) is 4.79 Å². The maximum absolute atomic E-state index is 11.3. The van der Waals surface area contributed by atoms with Gasteiger partial charge in [0.25, 0.3) is 0 Å². The Morgan fingerprint density at radius 1 is 1.00 bits per heavy atom. The number of hydrogen-bond acceptors (Lipinski definition) is 5. The number of hydrogen-bond donors (Lipinski definition) is 0. The van der Waals surface area contributed by atoms with Gasteiger partial charge in [0.15, 0.2) is 0 Å². The van der Waals surface area contributed by atoms with Gasteiger partial charge in [0, 0.05) is 33.0 Å². The molecule has 0 N–H and O–H groups in total. The van der Waals surface area contributed by atoms with Crippen LogP contribution < -0.4 is 0 Å². The van der Waals surface area contributed by atoms with E-state index in [0.29, 0.717) is 0 Å². The lowest BCUT2D eigenvalue weighted by atomic mass is 9.97. The lowest BCUT2D eigenvalue weighted by Gasteiger charge is -2.15. The van der Waals surface area contributed by atoms with E-state index in [1.54, 1.807) is 11.3 Å². The van der Waals surface area contributed by atoms with E-state index in [9.17, 15) is 4.79 Å². The zero-order chi connectivity index (χ0) is 20.8. The van der Waals surface area contributed by atoms with Crippen molar-refractivity contribution in [2.45, 2.75) is 60.9 Å². The van der Waals surface area contributed by atoms with Gasteiger partial charge in [-0.25, -0.2) is 0 Å². The standard InChI is InChI=1S/C23H29N3OS/c1-14(2)25-26-17(5)21(12-13-27)24-23(20-10-8-15(3)9-11-20)22-16(4)18(6)28-19(22)7/h8-11,13,21H,12H2,1-7H3/b24-23?,26-17+. The highest BCUT2D eigenvalue weighted by molar-refractivity contribution is 7.12. The average molecular weight is 396 g/mol. The van der Waals surface area contributed by atoms with E-state index in [-0.39, 0.29) is 12.5 Å². The maximum Gasteiger partial charge on any atom is 0.122 e. The summed E-state index contributed by atoms with van der Waals surface area (Å²) >= 11 is 1.78. The molecule has 28 heavy (non-hydrogen) atoms. The molecule has 0 fully saturated rings. The lowest BCUT2D eigenvalue weighted by molar-refractivity contribution is -0.107. The third-order valence-electron chi connectivity index (χ3n) is 4.62. The van der Waals surface area contributed by atoms with E-state index >= 15 is 0 Å². The summed E-state index contributed by atoms with van der Waals surface area (Å²) in [6.45, 7) is 14.2. The molecule has 0 aliphatic carbocycles. The number of aliphatic imine (C=N–C) groups is 1. The molecule has 0 spiro atoms. The Morgan fingerprint density at radius 2 is 1.64 bits per heavy atom. The molecule has 1 atom stereocenters. The first-order chi connectivity index (χ1) is 13.2. The van der Waals surface area contributed by atoms with Gasteiger partial charge in [-0.2, -0.15) is 10.2 Å². The summed E-state index contributed by atoms with van der Waals surface area (Å²) in [4.78, 5) is 18.9. The predicted molar refractivity (Wildman–Crippen MR) is 122 cm³/mol. The van der Waals surface area contributed by atoms with Crippen molar-refractivity contribution in [1.29, 1.82) is 0 Å². The van der Waals surface area contributed by atoms with Crippen LogP contribution >= 0.6 is 11.3 Å². The number of aryl methyl sites for hydroxylation is 3. The molecule has 2 aromatic rings. The van der Waals surface area contributed by atoms with Crippen molar-refractivity contribution in [1.82, 2.24) is 0 Å². The fraction of sp³-hybridized carbons (Fsp3) is 0.391. The van der Waals surface area contributed by atoms with Crippen LogP contribution in [0.25, 0.3) is 0 Å². The SMILES string of the molecule is CC(C)=N/N=C(\C)C(CC=O)N=C(c1ccc(C)cc1)c1c(C)sc(C)c1C. The van der Waals surface area contributed by atoms with Gasteiger partial charge in [-0.1, -0.05) is 29.8 Å². The molecule has 1 unspecified atom stereocenters. The van der Waals surface area contributed by atoms with Crippen LogP contribution in [0.3, 0.4) is 0 Å². The molecular weight excluding hydrogens is 366 g/mol. The number of benzene rings is 1. The van der Waals surface area contributed by atoms with E-state index in [0.717, 1.165) is 34.5 Å². The summed E-state index contributed by atoms with van der Waals surface area (Å²) in [5.41, 5.74) is 7.17. The third kappa shape index (κ3) is 5.32. The number of nitrogens with zero attached hydrogens (tertiary/aromatic N) is 3. The number of thiophene rings is 1. The Balaban J connectivity index is 2.67. The smallest absolute Gasteiger partial charge is 0.122 e. The molecule has 1 aromatic carbocycles. The fourth-order valence-electron chi connectivity index (χ4n) is 2.95. The number of aldehydes is 1. The van der Waals surface area contributed by atoms with Crippen molar-refractivity contribution < 1.29 is 4.79 Å². The van der Waals surface area contributed by atoms with Gasteiger partial charge in [-0.05, 0) is 54.0 Å². The molecule has 4 nitrogen and oxygen atoms in total. The van der Waals surface area contributed by atoms with Crippen molar-refractivity contribution in [2.24, 2.45) is 15.2 Å². The van der Waals surface area contributed by atoms with Crippen LogP contribution in [0.1, 0.15) is 59.2 Å². The van der Waals surface area contributed by atoms with Crippen LogP contribution in [0.4, 0.5) is 0 Å². The fourth-order valence-corrected chi connectivity index (χ4v) is 4.01. The molecule has 0 bridgehead atoms. The molecule has 1 heterocycles. The number of carbonyl (C=O) groups excluding carboxylic acids is 1. The molecule has 148 valence electrons. The van der Waals surface area contributed by atoms with Gasteiger partial charge in [0.05, 0.1) is 17.5 Å². The lowest BCUT2D eigenvalue weighted by Crippen LogP contribution is -2.20. The number of rotatable bonds is 7. The zero-order valence-corrected chi connectivity index (χ0v) is 18.6. The van der Waals surface area contributed by atoms with Gasteiger partial charge in [0.2, 0.25) is 0 Å². The van der Waals surface area contributed by atoms with Gasteiger partial charge < -0.3 is 4.79 Å². The largest absolute Gasteiger partial charge is 0.303 e. The highest BCUT2D eigenvalue weighted by Gasteiger charge is 2.20. The second-order valence-corrected chi connectivity index (χ2v) is 8.69. The van der Waals surface area contributed by atoms with Gasteiger partial charge >= 0.3 is 0 Å². The van der Waals surface area contributed by atoms with Gasteiger partial charge in [0.1, 0.15) is 6.29 Å². The van der Waals surface area contributed by atoms with Crippen LogP contribution in [0.5, 0.6) is 0 Å². The van der Waals surface area contributed by atoms with E-state index in [1.807, 2.05) is 20.8 Å². The molecule has 0 saturated carbocycles. The molecule has 0 radical (unpaired) electrons. The van der Waals surface area contributed by atoms with Gasteiger partial charge in [-0.3, -0.25) is 4.99 Å².